The molecule has 0 aliphatic heterocycles. The third-order valence-electron chi connectivity index (χ3n) is 5.36. The van der Waals surface area contributed by atoms with E-state index in [0.717, 1.165) is 41.2 Å². The van der Waals surface area contributed by atoms with Crippen LogP contribution in [0.1, 0.15) is 67.7 Å². The summed E-state index contributed by atoms with van der Waals surface area (Å²) in [6, 6.07) is 12.7. The number of ether oxygens (including phenoxy) is 2. The Balaban J connectivity index is 1.70. The van der Waals surface area contributed by atoms with Crippen molar-refractivity contribution < 1.29 is 14.3 Å². The van der Waals surface area contributed by atoms with E-state index in [1.54, 1.807) is 13.3 Å². The van der Waals surface area contributed by atoms with Crippen LogP contribution in [0, 0.1) is 13.8 Å². The normalized spacial score (nSPS) is 12.4. The first-order valence-corrected chi connectivity index (χ1v) is 11.2. The monoisotopic (exact) mass is 423 g/mol. The molecular weight excluding hydrogens is 386 g/mol. The fourth-order valence-corrected chi connectivity index (χ4v) is 3.56. The minimum atomic E-state index is 0.550. The Morgan fingerprint density at radius 1 is 0.968 bits per heavy atom. The molecule has 0 aliphatic rings. The van der Waals surface area contributed by atoms with Crippen molar-refractivity contribution in [3.63, 3.8) is 0 Å². The minimum absolute atomic E-state index is 0.550. The van der Waals surface area contributed by atoms with Crippen LogP contribution >= 0.6 is 0 Å². The molecule has 0 bridgehead atoms. The Morgan fingerprint density at radius 2 is 1.68 bits per heavy atom. The molecule has 0 saturated carbocycles. The lowest BCUT2D eigenvalue weighted by Gasteiger charge is -2.15. The third-order valence-corrected chi connectivity index (χ3v) is 5.36. The smallest absolute Gasteiger partial charge is 0.125 e. The summed E-state index contributed by atoms with van der Waals surface area (Å²) in [5.41, 5.74) is 4.68. The van der Waals surface area contributed by atoms with Crippen LogP contribution < -0.4 is 9.47 Å². The number of oxime groups is 1. The molecule has 0 aromatic heterocycles. The lowest BCUT2D eigenvalue weighted by Crippen LogP contribution is -2.02. The Hall–Kier alpha value is -2.75. The number of benzene rings is 2. The first-order chi connectivity index (χ1) is 15.0. The molecule has 4 nitrogen and oxygen atoms in total. The molecule has 2 rings (SSSR count). The van der Waals surface area contributed by atoms with E-state index in [1.165, 1.54) is 24.8 Å². The number of unbranched alkanes of at least 4 members (excludes halogenated alkanes) is 2. The van der Waals surface area contributed by atoms with Crippen molar-refractivity contribution in [3.05, 3.63) is 70.8 Å². The van der Waals surface area contributed by atoms with Crippen LogP contribution in [0.15, 0.2) is 53.7 Å². The molecule has 0 spiro atoms. The van der Waals surface area contributed by atoms with Crippen molar-refractivity contribution >= 4 is 6.21 Å². The van der Waals surface area contributed by atoms with E-state index >= 15 is 0 Å². The zero-order valence-corrected chi connectivity index (χ0v) is 19.7. The van der Waals surface area contributed by atoms with Gasteiger partial charge < -0.3 is 14.3 Å². The standard InChI is InChI=1S/C27H37NO3/c1-6-7-16-30-26-18-22(3)27(23(4)19-26)31-17-10-8-9-11-21(2)25-14-12-24(13-15-25)20-28-29-5/h6-7,12-15,18-21H,8-11,16-17H2,1-5H3/b7-6+,28-20+. The fraction of sp³-hybridized carbons (Fsp3) is 0.444. The van der Waals surface area contributed by atoms with Gasteiger partial charge in [0.05, 0.1) is 12.8 Å². The van der Waals surface area contributed by atoms with Crippen molar-refractivity contribution in [2.75, 3.05) is 20.3 Å². The highest BCUT2D eigenvalue weighted by Gasteiger charge is 2.08. The van der Waals surface area contributed by atoms with Crippen LogP contribution in [0.2, 0.25) is 0 Å². The summed E-state index contributed by atoms with van der Waals surface area (Å²) in [6.07, 6.45) is 10.3. The maximum Gasteiger partial charge on any atom is 0.125 e. The van der Waals surface area contributed by atoms with Gasteiger partial charge in [-0.15, -0.1) is 0 Å². The predicted molar refractivity (Wildman–Crippen MR) is 130 cm³/mol. The molecule has 1 atom stereocenters. The highest BCUT2D eigenvalue weighted by atomic mass is 16.6. The Labute approximate surface area is 187 Å². The van der Waals surface area contributed by atoms with Gasteiger partial charge in [0.15, 0.2) is 0 Å². The molecule has 0 radical (unpaired) electrons. The van der Waals surface area contributed by atoms with Gasteiger partial charge >= 0.3 is 0 Å². The molecule has 0 N–H and O–H groups in total. The highest BCUT2D eigenvalue weighted by molar-refractivity contribution is 5.79. The van der Waals surface area contributed by atoms with Gasteiger partial charge in [-0.25, -0.2) is 0 Å². The van der Waals surface area contributed by atoms with Crippen molar-refractivity contribution in [3.8, 4) is 11.5 Å². The second-order valence-corrected chi connectivity index (χ2v) is 7.95. The third kappa shape index (κ3) is 8.49. The number of hydrogen-bond acceptors (Lipinski definition) is 4. The highest BCUT2D eigenvalue weighted by Crippen LogP contribution is 2.29. The van der Waals surface area contributed by atoms with Gasteiger partial charge in [0, 0.05) is 0 Å². The van der Waals surface area contributed by atoms with E-state index in [4.69, 9.17) is 14.3 Å². The molecule has 1 unspecified atom stereocenters. The molecule has 168 valence electrons. The van der Waals surface area contributed by atoms with Gasteiger partial charge in [-0.05, 0) is 73.9 Å². The maximum atomic E-state index is 6.09. The van der Waals surface area contributed by atoms with E-state index in [2.05, 4.69) is 62.3 Å². The molecule has 2 aromatic rings. The van der Waals surface area contributed by atoms with Crippen molar-refractivity contribution in [1.29, 1.82) is 0 Å². The number of aryl methyl sites for hydroxylation is 2. The van der Waals surface area contributed by atoms with E-state index in [-0.39, 0.29) is 0 Å². The molecule has 0 heterocycles. The van der Waals surface area contributed by atoms with Crippen LogP contribution in [0.5, 0.6) is 11.5 Å². The largest absolute Gasteiger partial charge is 0.493 e. The number of allylic oxidation sites excluding steroid dienone is 1. The zero-order chi connectivity index (χ0) is 22.5. The topological polar surface area (TPSA) is 40.0 Å². The van der Waals surface area contributed by atoms with Gasteiger partial charge in [-0.1, -0.05) is 61.3 Å². The summed E-state index contributed by atoms with van der Waals surface area (Å²) in [6.45, 7) is 9.80. The number of rotatable bonds is 13. The van der Waals surface area contributed by atoms with E-state index in [9.17, 15) is 0 Å². The SMILES string of the molecule is C/C=C/COc1cc(C)c(OCCCCCC(C)c2ccc(/C=N/OC)cc2)c(C)c1. The first-order valence-electron chi connectivity index (χ1n) is 11.2. The fourth-order valence-electron chi connectivity index (χ4n) is 3.56. The lowest BCUT2D eigenvalue weighted by molar-refractivity contribution is 0.215. The Kier molecular flexibility index (Phi) is 10.7. The minimum Gasteiger partial charge on any atom is -0.493 e. The van der Waals surface area contributed by atoms with Gasteiger partial charge in [0.25, 0.3) is 0 Å². The van der Waals surface area contributed by atoms with E-state index < -0.39 is 0 Å². The number of hydrogen-bond donors (Lipinski definition) is 0. The summed E-state index contributed by atoms with van der Waals surface area (Å²) >= 11 is 0. The van der Waals surface area contributed by atoms with E-state index in [1.807, 2.05) is 19.1 Å². The molecule has 0 amide bonds. The van der Waals surface area contributed by atoms with Gasteiger partial charge in [0.1, 0.15) is 25.2 Å². The van der Waals surface area contributed by atoms with Crippen LogP contribution in [-0.2, 0) is 4.84 Å². The zero-order valence-electron chi connectivity index (χ0n) is 19.7. The summed E-state index contributed by atoms with van der Waals surface area (Å²) in [5, 5.41) is 3.80. The average Bonchev–Trinajstić information content (AvgIpc) is 2.76. The second-order valence-electron chi connectivity index (χ2n) is 7.95. The molecule has 0 fully saturated rings. The molecule has 31 heavy (non-hydrogen) atoms. The Bertz CT molecular complexity index is 817. The second kappa shape index (κ2) is 13.5. The van der Waals surface area contributed by atoms with Crippen molar-refractivity contribution in [2.45, 2.75) is 59.3 Å². The predicted octanol–water partition coefficient (Wildman–Crippen LogP) is 6.98. The van der Waals surface area contributed by atoms with Gasteiger partial charge in [-0.3, -0.25) is 0 Å². The molecule has 0 saturated heterocycles. The molecule has 4 heteroatoms. The average molecular weight is 424 g/mol. The van der Waals surface area contributed by atoms with Crippen LogP contribution in [0.3, 0.4) is 0 Å². The maximum absolute atomic E-state index is 6.09. The Morgan fingerprint density at radius 3 is 2.32 bits per heavy atom. The van der Waals surface area contributed by atoms with Gasteiger partial charge in [0.2, 0.25) is 0 Å². The van der Waals surface area contributed by atoms with Crippen molar-refractivity contribution in [2.24, 2.45) is 5.16 Å². The van der Waals surface area contributed by atoms with Crippen LogP contribution in [-0.4, -0.2) is 26.5 Å². The summed E-state index contributed by atoms with van der Waals surface area (Å²) in [5.74, 6) is 2.44. The number of nitrogens with zero attached hydrogens (tertiary/aromatic N) is 1. The summed E-state index contributed by atoms with van der Waals surface area (Å²) in [7, 11) is 1.55. The molecular formula is C27H37NO3. The van der Waals surface area contributed by atoms with Crippen molar-refractivity contribution in [1.82, 2.24) is 0 Å². The quantitative estimate of drug-likeness (QED) is 0.151. The lowest BCUT2D eigenvalue weighted by atomic mass is 9.94. The van der Waals surface area contributed by atoms with Crippen LogP contribution in [0.25, 0.3) is 0 Å². The summed E-state index contributed by atoms with van der Waals surface area (Å²) < 4.78 is 11.8. The van der Waals surface area contributed by atoms with Crippen LogP contribution in [0.4, 0.5) is 0 Å². The molecule has 0 aliphatic carbocycles. The molecule has 2 aromatic carbocycles. The summed E-state index contributed by atoms with van der Waals surface area (Å²) in [4.78, 5) is 4.72. The first kappa shape index (κ1) is 24.5. The van der Waals surface area contributed by atoms with Gasteiger partial charge in [-0.2, -0.15) is 0 Å². The van der Waals surface area contributed by atoms with E-state index in [0.29, 0.717) is 12.5 Å².